The van der Waals surface area contributed by atoms with E-state index in [4.69, 9.17) is 0 Å². The lowest BCUT2D eigenvalue weighted by atomic mass is 10.1. The monoisotopic (exact) mass is 322 g/mol. The van der Waals surface area contributed by atoms with Crippen LogP contribution in [0.3, 0.4) is 0 Å². The first-order chi connectivity index (χ1) is 10.9. The number of rotatable bonds is 3. The number of nitrogens with zero attached hydrogens (tertiary/aromatic N) is 4. The van der Waals surface area contributed by atoms with E-state index >= 15 is 0 Å². The number of hydrogen-bond donors (Lipinski definition) is 0. The van der Waals surface area contributed by atoms with Gasteiger partial charge >= 0.3 is 0 Å². The van der Waals surface area contributed by atoms with Crippen LogP contribution in [-0.2, 0) is 6.54 Å². The molecular weight excluding hydrogens is 302 g/mol. The lowest BCUT2D eigenvalue weighted by Gasteiger charge is -2.32. The second kappa shape index (κ2) is 5.86. The molecule has 1 amide bonds. The fourth-order valence-corrected chi connectivity index (χ4v) is 2.91. The zero-order valence-electron chi connectivity index (χ0n) is 13.3. The van der Waals surface area contributed by atoms with Crippen molar-refractivity contribution >= 4 is 17.1 Å². The molecule has 0 atom stereocenters. The van der Waals surface area contributed by atoms with Crippen molar-refractivity contribution in [3.63, 3.8) is 0 Å². The highest BCUT2D eigenvalue weighted by Gasteiger charge is 2.37. The number of aromatic nitrogens is 3. The molecule has 7 heteroatoms. The molecule has 1 saturated heterocycles. The van der Waals surface area contributed by atoms with Gasteiger partial charge in [-0.05, 0) is 18.4 Å². The van der Waals surface area contributed by atoms with Crippen molar-refractivity contribution in [2.75, 3.05) is 13.1 Å². The maximum atomic E-state index is 13.5. The highest BCUT2D eigenvalue weighted by atomic mass is 19.3. The number of piperidine rings is 1. The number of carbonyl (C=O) groups excluding carboxylic acids is 1. The lowest BCUT2D eigenvalue weighted by molar-refractivity contribution is -0.0560. The summed E-state index contributed by atoms with van der Waals surface area (Å²) in [5.41, 5.74) is 1.63. The first kappa shape index (κ1) is 15.8. The molecule has 0 aliphatic carbocycles. The van der Waals surface area contributed by atoms with Gasteiger partial charge in [-0.2, -0.15) is 0 Å². The van der Waals surface area contributed by atoms with Gasteiger partial charge in [0.2, 0.25) is 0 Å². The van der Waals surface area contributed by atoms with Crippen molar-refractivity contribution in [2.24, 2.45) is 5.92 Å². The molecule has 0 saturated carbocycles. The van der Waals surface area contributed by atoms with Crippen LogP contribution >= 0.6 is 0 Å². The third-order valence-corrected chi connectivity index (χ3v) is 3.94. The van der Waals surface area contributed by atoms with E-state index in [2.05, 4.69) is 23.8 Å². The third-order valence-electron chi connectivity index (χ3n) is 3.94. The predicted octanol–water partition coefficient (Wildman–Crippen LogP) is 2.96. The number of pyridine rings is 1. The minimum absolute atomic E-state index is 0.159. The van der Waals surface area contributed by atoms with E-state index in [-0.39, 0.29) is 6.42 Å². The molecule has 23 heavy (non-hydrogen) atoms. The first-order valence-electron chi connectivity index (χ1n) is 7.84. The SMILES string of the molecule is CC(C)Cn1cnc2cc(C(=O)N3CCCC(F)(F)C3)cnc21. The molecule has 1 aliphatic rings. The molecule has 0 bridgehead atoms. The predicted molar refractivity (Wildman–Crippen MR) is 82.5 cm³/mol. The lowest BCUT2D eigenvalue weighted by Crippen LogP contribution is -2.45. The van der Waals surface area contributed by atoms with Crippen molar-refractivity contribution in [1.82, 2.24) is 19.4 Å². The summed E-state index contributed by atoms with van der Waals surface area (Å²) in [6.45, 7) is 4.82. The van der Waals surface area contributed by atoms with Gasteiger partial charge in [0.25, 0.3) is 11.8 Å². The van der Waals surface area contributed by atoms with Crippen LogP contribution in [0.1, 0.15) is 37.0 Å². The van der Waals surface area contributed by atoms with Gasteiger partial charge in [-0.15, -0.1) is 0 Å². The molecule has 0 spiro atoms. The van der Waals surface area contributed by atoms with Crippen LogP contribution in [-0.4, -0.2) is 44.4 Å². The maximum absolute atomic E-state index is 13.5. The smallest absolute Gasteiger partial charge is 0.265 e. The number of halogens is 2. The highest BCUT2D eigenvalue weighted by Crippen LogP contribution is 2.27. The molecule has 1 fully saturated rings. The summed E-state index contributed by atoms with van der Waals surface area (Å²) in [7, 11) is 0. The van der Waals surface area contributed by atoms with Crippen molar-refractivity contribution in [3.8, 4) is 0 Å². The van der Waals surface area contributed by atoms with Crippen molar-refractivity contribution < 1.29 is 13.6 Å². The molecule has 0 unspecified atom stereocenters. The van der Waals surface area contributed by atoms with Crippen LogP contribution in [0, 0.1) is 5.92 Å². The second-order valence-electron chi connectivity index (χ2n) is 6.54. The molecule has 5 nitrogen and oxygen atoms in total. The van der Waals surface area contributed by atoms with Crippen molar-refractivity contribution in [1.29, 1.82) is 0 Å². The van der Waals surface area contributed by atoms with Gasteiger partial charge in [-0.1, -0.05) is 13.8 Å². The normalized spacial score (nSPS) is 17.9. The number of carbonyl (C=O) groups is 1. The molecule has 3 rings (SSSR count). The number of amides is 1. The standard InChI is InChI=1S/C16H20F2N4O/c1-11(2)8-22-10-20-13-6-12(7-19-14(13)22)15(23)21-5-3-4-16(17,18)9-21/h6-7,10-11H,3-5,8-9H2,1-2H3. The quantitative estimate of drug-likeness (QED) is 0.873. The zero-order valence-corrected chi connectivity index (χ0v) is 13.3. The van der Waals surface area contributed by atoms with E-state index in [1.54, 1.807) is 12.4 Å². The minimum atomic E-state index is -2.80. The first-order valence-corrected chi connectivity index (χ1v) is 7.84. The Kier molecular flexibility index (Phi) is 4.04. The van der Waals surface area contributed by atoms with E-state index in [1.807, 2.05) is 4.57 Å². The topological polar surface area (TPSA) is 51.0 Å². The Labute approximate surface area is 133 Å². The van der Waals surface area contributed by atoms with Crippen LogP contribution in [0.15, 0.2) is 18.6 Å². The number of likely N-dealkylation sites (tertiary alicyclic amines) is 1. The fourth-order valence-electron chi connectivity index (χ4n) is 2.91. The van der Waals surface area contributed by atoms with Crippen molar-refractivity contribution in [2.45, 2.75) is 39.2 Å². The molecule has 0 aromatic carbocycles. The third kappa shape index (κ3) is 3.33. The Bertz CT molecular complexity index is 726. The van der Waals surface area contributed by atoms with Crippen LogP contribution in [0.5, 0.6) is 0 Å². The Morgan fingerprint density at radius 3 is 2.87 bits per heavy atom. The van der Waals surface area contributed by atoms with E-state index in [0.29, 0.717) is 35.6 Å². The average Bonchev–Trinajstić information content (AvgIpc) is 2.87. The van der Waals surface area contributed by atoms with Gasteiger partial charge in [0.15, 0.2) is 5.65 Å². The molecule has 2 aromatic heterocycles. The van der Waals surface area contributed by atoms with E-state index in [1.165, 1.54) is 11.1 Å². The van der Waals surface area contributed by atoms with E-state index in [9.17, 15) is 13.6 Å². The van der Waals surface area contributed by atoms with Gasteiger partial charge in [0.05, 0.1) is 18.4 Å². The summed E-state index contributed by atoms with van der Waals surface area (Å²) < 4.78 is 28.9. The minimum Gasteiger partial charge on any atom is -0.333 e. The summed E-state index contributed by atoms with van der Waals surface area (Å²) in [6.07, 6.45) is 3.31. The molecule has 0 radical (unpaired) electrons. The highest BCUT2D eigenvalue weighted by molar-refractivity contribution is 5.96. The summed E-state index contributed by atoms with van der Waals surface area (Å²) in [6, 6.07) is 1.63. The van der Waals surface area contributed by atoms with Gasteiger partial charge in [0, 0.05) is 25.7 Å². The van der Waals surface area contributed by atoms with Crippen molar-refractivity contribution in [3.05, 3.63) is 24.2 Å². The van der Waals surface area contributed by atoms with Crippen LogP contribution in [0.25, 0.3) is 11.2 Å². The zero-order chi connectivity index (χ0) is 16.6. The molecule has 124 valence electrons. The van der Waals surface area contributed by atoms with Gasteiger partial charge in [-0.3, -0.25) is 4.79 Å². The van der Waals surface area contributed by atoms with E-state index < -0.39 is 18.4 Å². The molecule has 1 aliphatic heterocycles. The Morgan fingerprint density at radius 1 is 1.39 bits per heavy atom. The number of fused-ring (bicyclic) bond motifs is 1. The largest absolute Gasteiger partial charge is 0.333 e. The summed E-state index contributed by atoms with van der Waals surface area (Å²) >= 11 is 0. The fraction of sp³-hybridized carbons (Fsp3) is 0.562. The molecule has 0 N–H and O–H groups in total. The Morgan fingerprint density at radius 2 is 2.17 bits per heavy atom. The van der Waals surface area contributed by atoms with Gasteiger partial charge in [0.1, 0.15) is 5.52 Å². The number of imidazole rings is 1. The summed E-state index contributed by atoms with van der Waals surface area (Å²) in [5.74, 6) is -2.76. The van der Waals surface area contributed by atoms with Gasteiger partial charge in [-0.25, -0.2) is 18.7 Å². The Balaban J connectivity index is 1.84. The van der Waals surface area contributed by atoms with Crippen LogP contribution < -0.4 is 0 Å². The molecule has 3 heterocycles. The summed E-state index contributed by atoms with van der Waals surface area (Å²) in [5, 5.41) is 0. The second-order valence-corrected chi connectivity index (χ2v) is 6.54. The molecule has 2 aromatic rings. The summed E-state index contributed by atoms with van der Waals surface area (Å²) in [4.78, 5) is 22.2. The number of alkyl halides is 2. The maximum Gasteiger partial charge on any atom is 0.265 e. The average molecular weight is 322 g/mol. The number of hydrogen-bond acceptors (Lipinski definition) is 3. The Hall–Kier alpha value is -2.05. The van der Waals surface area contributed by atoms with E-state index in [0.717, 1.165) is 6.54 Å². The van der Waals surface area contributed by atoms with Crippen LogP contribution in [0.4, 0.5) is 8.78 Å². The molecular formula is C16H20F2N4O. The van der Waals surface area contributed by atoms with Gasteiger partial charge < -0.3 is 9.47 Å². The van der Waals surface area contributed by atoms with Crippen LogP contribution in [0.2, 0.25) is 0 Å².